The highest BCUT2D eigenvalue weighted by molar-refractivity contribution is 5.91. The van der Waals surface area contributed by atoms with Gasteiger partial charge in [0.1, 0.15) is 0 Å². The normalized spacial score (nSPS) is 12.4. The second-order valence-electron chi connectivity index (χ2n) is 10.4. The molecule has 0 saturated carbocycles. The molecule has 0 aliphatic carbocycles. The Bertz CT molecular complexity index is 2090. The number of benzene rings is 4. The Morgan fingerprint density at radius 3 is 2.27 bits per heavy atom. The number of nitrogens with zero attached hydrogens (tertiary/aromatic N) is 3. The lowest BCUT2D eigenvalue weighted by atomic mass is 9.99. The van der Waals surface area contributed by atoms with Crippen molar-refractivity contribution in [2.75, 3.05) is 0 Å². The zero-order chi connectivity index (χ0) is 27.2. The predicted octanol–water partition coefficient (Wildman–Crippen LogP) is 8.65. The smallest absolute Gasteiger partial charge is 0.0731 e. The molecule has 0 atom stereocenters. The maximum atomic E-state index is 5.09. The molecule has 4 heterocycles. The van der Waals surface area contributed by atoms with E-state index in [1.165, 1.54) is 32.9 Å². The van der Waals surface area contributed by atoms with Crippen molar-refractivity contribution in [3.05, 3.63) is 145 Å². The third-order valence-corrected chi connectivity index (χ3v) is 7.94. The van der Waals surface area contributed by atoms with Gasteiger partial charge in [-0.2, -0.15) is 0 Å². The maximum Gasteiger partial charge on any atom is 0.0731 e. The molecule has 0 spiro atoms. The van der Waals surface area contributed by atoms with Crippen LogP contribution in [-0.4, -0.2) is 14.5 Å². The molecule has 0 unspecified atom stereocenters. The average Bonchev–Trinajstić information content (AvgIpc) is 3.39. The Labute approximate surface area is 238 Å². The van der Waals surface area contributed by atoms with Crippen LogP contribution >= 0.6 is 0 Å². The van der Waals surface area contributed by atoms with Crippen molar-refractivity contribution in [1.82, 2.24) is 19.9 Å². The highest BCUT2D eigenvalue weighted by Gasteiger charge is 2.18. The van der Waals surface area contributed by atoms with Gasteiger partial charge in [-0.25, -0.2) is 4.98 Å². The highest BCUT2D eigenvalue weighted by atomic mass is 15.0. The van der Waals surface area contributed by atoms with Crippen molar-refractivity contribution >= 4 is 27.8 Å². The van der Waals surface area contributed by atoms with Crippen LogP contribution in [0.5, 0.6) is 0 Å². The first-order valence-corrected chi connectivity index (χ1v) is 13.9. The number of hydrogen-bond acceptors (Lipinski definition) is 3. The molecule has 1 aliphatic rings. The number of pyridine rings is 2. The molecule has 7 aromatic rings. The van der Waals surface area contributed by atoms with Crippen LogP contribution in [0.1, 0.15) is 11.3 Å². The van der Waals surface area contributed by atoms with Crippen molar-refractivity contribution < 1.29 is 0 Å². The monoisotopic (exact) mass is 526 g/mol. The van der Waals surface area contributed by atoms with Crippen LogP contribution in [0.2, 0.25) is 0 Å². The molecule has 4 nitrogen and oxygen atoms in total. The summed E-state index contributed by atoms with van der Waals surface area (Å²) < 4.78 is 2.36. The molecule has 1 aliphatic heterocycles. The van der Waals surface area contributed by atoms with Crippen LogP contribution in [0.3, 0.4) is 0 Å². The number of rotatable bonds is 4. The summed E-state index contributed by atoms with van der Waals surface area (Å²) in [5.41, 5.74) is 11.2. The molecule has 0 bridgehead atoms. The van der Waals surface area contributed by atoms with E-state index in [2.05, 4.69) is 130 Å². The van der Waals surface area contributed by atoms with Gasteiger partial charge in [-0.3, -0.25) is 4.98 Å². The molecule has 4 heteroatoms. The molecule has 3 aromatic heterocycles. The van der Waals surface area contributed by atoms with Crippen LogP contribution in [0.4, 0.5) is 0 Å². The number of para-hydroxylation sites is 1. The first-order chi connectivity index (χ1) is 20.3. The zero-order valence-corrected chi connectivity index (χ0v) is 22.3. The molecule has 0 saturated heterocycles. The molecule has 0 amide bonds. The molecule has 8 rings (SSSR count). The average molecular weight is 527 g/mol. The van der Waals surface area contributed by atoms with E-state index < -0.39 is 0 Å². The van der Waals surface area contributed by atoms with Crippen molar-refractivity contribution in [3.8, 4) is 39.3 Å². The zero-order valence-electron chi connectivity index (χ0n) is 22.3. The molecule has 0 radical (unpaired) electrons. The van der Waals surface area contributed by atoms with Gasteiger partial charge in [0, 0.05) is 46.7 Å². The summed E-state index contributed by atoms with van der Waals surface area (Å²) in [6, 6.07) is 40.9. The minimum absolute atomic E-state index is 0.836. The van der Waals surface area contributed by atoms with E-state index in [1.54, 1.807) is 6.20 Å². The summed E-state index contributed by atoms with van der Waals surface area (Å²) in [5, 5.41) is 7.09. The van der Waals surface area contributed by atoms with Crippen LogP contribution in [0.25, 0.3) is 67.1 Å². The SMILES string of the molecule is C1=Cc2c(c3ccccc3n2-c2ccc(-c3cc(-c4cccnc4)nc(-c4ccc5ccccc5c4)c3)cc2)CN1. The van der Waals surface area contributed by atoms with Gasteiger partial charge in [0.25, 0.3) is 0 Å². The van der Waals surface area contributed by atoms with Gasteiger partial charge < -0.3 is 9.88 Å². The number of nitrogens with one attached hydrogen (secondary N) is 1. The van der Waals surface area contributed by atoms with Crippen LogP contribution < -0.4 is 5.32 Å². The number of hydrogen-bond donors (Lipinski definition) is 1. The molecule has 4 aromatic carbocycles. The van der Waals surface area contributed by atoms with Crippen LogP contribution in [-0.2, 0) is 6.54 Å². The van der Waals surface area contributed by atoms with Crippen molar-refractivity contribution in [2.45, 2.75) is 6.54 Å². The van der Waals surface area contributed by atoms with E-state index in [0.29, 0.717) is 0 Å². The number of aromatic nitrogens is 3. The second-order valence-corrected chi connectivity index (χ2v) is 10.4. The van der Waals surface area contributed by atoms with Gasteiger partial charge in [-0.15, -0.1) is 0 Å². The van der Waals surface area contributed by atoms with Crippen molar-refractivity contribution in [3.63, 3.8) is 0 Å². The lowest BCUT2D eigenvalue weighted by Crippen LogP contribution is -2.10. The van der Waals surface area contributed by atoms with Gasteiger partial charge in [-0.1, -0.05) is 66.7 Å². The third-order valence-electron chi connectivity index (χ3n) is 7.94. The van der Waals surface area contributed by atoms with E-state index in [4.69, 9.17) is 4.98 Å². The Kier molecular flexibility index (Phi) is 5.49. The van der Waals surface area contributed by atoms with Crippen LogP contribution in [0, 0.1) is 0 Å². The van der Waals surface area contributed by atoms with Gasteiger partial charge in [0.05, 0.1) is 22.6 Å². The first-order valence-electron chi connectivity index (χ1n) is 13.9. The quantitative estimate of drug-likeness (QED) is 0.250. The molecule has 41 heavy (non-hydrogen) atoms. The molecule has 0 fully saturated rings. The molecule has 1 N–H and O–H groups in total. The second kappa shape index (κ2) is 9.61. The largest absolute Gasteiger partial charge is 0.387 e. The Morgan fingerprint density at radius 2 is 1.41 bits per heavy atom. The molecular formula is C37H26N4. The highest BCUT2D eigenvalue weighted by Crippen LogP contribution is 2.35. The Morgan fingerprint density at radius 1 is 0.634 bits per heavy atom. The molecular weight excluding hydrogens is 500 g/mol. The maximum absolute atomic E-state index is 5.09. The van der Waals surface area contributed by atoms with Crippen molar-refractivity contribution in [1.29, 1.82) is 0 Å². The van der Waals surface area contributed by atoms with E-state index in [1.807, 2.05) is 18.5 Å². The fourth-order valence-corrected chi connectivity index (χ4v) is 5.92. The minimum Gasteiger partial charge on any atom is -0.387 e. The summed E-state index contributed by atoms with van der Waals surface area (Å²) in [7, 11) is 0. The first kappa shape index (κ1) is 23.4. The van der Waals surface area contributed by atoms with Crippen molar-refractivity contribution in [2.24, 2.45) is 0 Å². The lowest BCUT2D eigenvalue weighted by molar-refractivity contribution is 0.855. The summed E-state index contributed by atoms with van der Waals surface area (Å²) in [6.45, 7) is 0.836. The van der Waals surface area contributed by atoms with Crippen LogP contribution in [0.15, 0.2) is 134 Å². The third kappa shape index (κ3) is 4.09. The van der Waals surface area contributed by atoms with Gasteiger partial charge >= 0.3 is 0 Å². The van der Waals surface area contributed by atoms with Gasteiger partial charge in [0.2, 0.25) is 0 Å². The summed E-state index contributed by atoms with van der Waals surface area (Å²) >= 11 is 0. The van der Waals surface area contributed by atoms with E-state index in [0.717, 1.165) is 45.9 Å². The van der Waals surface area contributed by atoms with Gasteiger partial charge in [0.15, 0.2) is 0 Å². The fraction of sp³-hybridized carbons (Fsp3) is 0.0270. The summed E-state index contributed by atoms with van der Waals surface area (Å²) in [6.07, 6.45) is 7.89. The summed E-state index contributed by atoms with van der Waals surface area (Å²) in [5.74, 6) is 0. The summed E-state index contributed by atoms with van der Waals surface area (Å²) in [4.78, 5) is 9.44. The topological polar surface area (TPSA) is 42.7 Å². The predicted molar refractivity (Wildman–Crippen MR) is 169 cm³/mol. The Balaban J connectivity index is 1.26. The van der Waals surface area contributed by atoms with E-state index in [-0.39, 0.29) is 0 Å². The fourth-order valence-electron chi connectivity index (χ4n) is 5.92. The lowest BCUT2D eigenvalue weighted by Gasteiger charge is -2.14. The standard InChI is InChI=1S/C37H26N4/c1-2-7-27-20-28(12-11-25(27)6-1)34-21-30(22-35(40-34)29-8-5-18-38-23-29)26-13-15-31(16-14-26)41-36-10-4-3-9-32(36)33-24-39-19-17-37(33)41/h1-23,39H,24H2. The van der Waals surface area contributed by atoms with E-state index >= 15 is 0 Å². The molecule has 194 valence electrons. The minimum atomic E-state index is 0.836. The Hall–Kier alpha value is -5.48. The van der Waals surface area contributed by atoms with Gasteiger partial charge in [-0.05, 0) is 82.7 Å². The van der Waals surface area contributed by atoms with E-state index in [9.17, 15) is 0 Å². The number of fused-ring (bicyclic) bond motifs is 4.